The van der Waals surface area contributed by atoms with Crippen LogP contribution in [0.1, 0.15) is 36.5 Å². The number of amides is 1. The second-order valence-electron chi connectivity index (χ2n) is 4.75. The first-order chi connectivity index (χ1) is 8.61. The lowest BCUT2D eigenvalue weighted by Gasteiger charge is -2.32. The topological polar surface area (TPSA) is 54.0 Å². The molecule has 1 aromatic rings. The smallest absolute Gasteiger partial charge is 0.255 e. The maximum absolute atomic E-state index is 12.2. The van der Waals surface area contributed by atoms with E-state index in [0.717, 1.165) is 4.47 Å². The molecule has 0 saturated heterocycles. The van der Waals surface area contributed by atoms with Gasteiger partial charge in [-0.2, -0.15) is 0 Å². The Labute approximate surface area is 116 Å². The van der Waals surface area contributed by atoms with Crippen LogP contribution >= 0.6 is 15.9 Å². The lowest BCUT2D eigenvalue weighted by Crippen LogP contribution is -2.40. The largest absolute Gasteiger partial charge is 0.372 e. The Kier molecular flexibility index (Phi) is 4.22. The summed E-state index contributed by atoms with van der Waals surface area (Å²) in [6, 6.07) is 2.02. The second kappa shape index (κ2) is 5.69. The molecule has 0 radical (unpaired) electrons. The van der Waals surface area contributed by atoms with E-state index in [4.69, 9.17) is 0 Å². The number of carbonyl (C=O) groups excluding carboxylic acids is 1. The normalized spacial score (nSPS) is 16.8. The number of nitrogens with one attached hydrogen (secondary N) is 2. The first-order valence-electron chi connectivity index (χ1n) is 6.26. The van der Waals surface area contributed by atoms with Crippen LogP contribution in [0.2, 0.25) is 0 Å². The number of rotatable bonds is 4. The Bertz CT molecular complexity index is 446. The number of pyridine rings is 1. The predicted octanol–water partition coefficient (Wildman–Crippen LogP) is 2.80. The molecular weight excluding hydrogens is 294 g/mol. The van der Waals surface area contributed by atoms with E-state index in [-0.39, 0.29) is 11.9 Å². The van der Waals surface area contributed by atoms with E-state index in [1.165, 1.54) is 19.3 Å². The fraction of sp³-hybridized carbons (Fsp3) is 0.538. The van der Waals surface area contributed by atoms with Gasteiger partial charge in [0.2, 0.25) is 0 Å². The maximum atomic E-state index is 12.2. The van der Waals surface area contributed by atoms with Crippen LogP contribution in [0.25, 0.3) is 0 Å². The minimum absolute atomic E-state index is 0.0625. The molecule has 1 aliphatic carbocycles. The number of hydrogen-bond acceptors (Lipinski definition) is 3. The van der Waals surface area contributed by atoms with Gasteiger partial charge in [0, 0.05) is 23.8 Å². The van der Waals surface area contributed by atoms with Crippen molar-refractivity contribution >= 4 is 27.7 Å². The van der Waals surface area contributed by atoms with Crippen molar-refractivity contribution in [1.82, 2.24) is 10.3 Å². The summed E-state index contributed by atoms with van der Waals surface area (Å²) in [6.45, 7) is 2.08. The van der Waals surface area contributed by atoms with Crippen molar-refractivity contribution in [3.8, 4) is 0 Å². The highest BCUT2D eigenvalue weighted by Crippen LogP contribution is 2.29. The zero-order chi connectivity index (χ0) is 13.1. The highest BCUT2D eigenvalue weighted by atomic mass is 79.9. The SMILES string of the molecule is CNc1ncc(Br)cc1C(=O)NC(C)C1CCC1. The summed E-state index contributed by atoms with van der Waals surface area (Å²) >= 11 is 3.34. The first kappa shape index (κ1) is 13.3. The lowest BCUT2D eigenvalue weighted by atomic mass is 9.80. The zero-order valence-electron chi connectivity index (χ0n) is 10.7. The molecule has 0 bridgehead atoms. The lowest BCUT2D eigenvalue weighted by molar-refractivity contribution is 0.0910. The van der Waals surface area contributed by atoms with Gasteiger partial charge in [-0.05, 0) is 47.7 Å². The van der Waals surface area contributed by atoms with E-state index < -0.39 is 0 Å². The summed E-state index contributed by atoms with van der Waals surface area (Å²) in [5, 5.41) is 6.00. The van der Waals surface area contributed by atoms with E-state index in [2.05, 4.69) is 38.5 Å². The summed E-state index contributed by atoms with van der Waals surface area (Å²) in [4.78, 5) is 16.4. The number of carbonyl (C=O) groups is 1. The molecule has 1 heterocycles. The van der Waals surface area contributed by atoms with Crippen LogP contribution in [0, 0.1) is 5.92 Å². The summed E-state index contributed by atoms with van der Waals surface area (Å²) in [6.07, 6.45) is 5.40. The molecule has 1 aliphatic rings. The van der Waals surface area contributed by atoms with Gasteiger partial charge in [0.25, 0.3) is 5.91 Å². The second-order valence-corrected chi connectivity index (χ2v) is 5.67. The van der Waals surface area contributed by atoms with Gasteiger partial charge in [0.1, 0.15) is 5.82 Å². The zero-order valence-corrected chi connectivity index (χ0v) is 12.3. The average molecular weight is 312 g/mol. The summed E-state index contributed by atoms with van der Waals surface area (Å²) in [7, 11) is 1.77. The molecule has 1 aromatic heterocycles. The number of nitrogens with zero attached hydrogens (tertiary/aromatic N) is 1. The van der Waals surface area contributed by atoms with Gasteiger partial charge in [-0.1, -0.05) is 6.42 Å². The van der Waals surface area contributed by atoms with Crippen LogP contribution in [0.15, 0.2) is 16.7 Å². The number of halogens is 1. The van der Waals surface area contributed by atoms with Gasteiger partial charge < -0.3 is 10.6 Å². The van der Waals surface area contributed by atoms with E-state index in [0.29, 0.717) is 17.3 Å². The molecular formula is C13H18BrN3O. The fourth-order valence-electron chi connectivity index (χ4n) is 2.15. The molecule has 1 fully saturated rings. The van der Waals surface area contributed by atoms with Gasteiger partial charge in [-0.25, -0.2) is 4.98 Å². The predicted molar refractivity (Wildman–Crippen MR) is 75.8 cm³/mol. The quantitative estimate of drug-likeness (QED) is 0.899. The van der Waals surface area contributed by atoms with Crippen molar-refractivity contribution in [3.05, 3.63) is 22.3 Å². The van der Waals surface area contributed by atoms with Crippen molar-refractivity contribution in [2.45, 2.75) is 32.2 Å². The molecule has 1 saturated carbocycles. The van der Waals surface area contributed by atoms with Gasteiger partial charge in [0.15, 0.2) is 0 Å². The van der Waals surface area contributed by atoms with Crippen molar-refractivity contribution in [2.24, 2.45) is 5.92 Å². The van der Waals surface area contributed by atoms with E-state index >= 15 is 0 Å². The maximum Gasteiger partial charge on any atom is 0.255 e. The summed E-state index contributed by atoms with van der Waals surface area (Å²) < 4.78 is 0.808. The van der Waals surface area contributed by atoms with Gasteiger partial charge >= 0.3 is 0 Å². The Morgan fingerprint density at radius 2 is 2.28 bits per heavy atom. The molecule has 18 heavy (non-hydrogen) atoms. The highest BCUT2D eigenvalue weighted by molar-refractivity contribution is 9.10. The minimum atomic E-state index is -0.0625. The van der Waals surface area contributed by atoms with E-state index in [1.54, 1.807) is 19.3 Å². The summed E-state index contributed by atoms with van der Waals surface area (Å²) in [5.41, 5.74) is 0.582. The molecule has 0 aliphatic heterocycles. The van der Waals surface area contributed by atoms with Crippen molar-refractivity contribution in [1.29, 1.82) is 0 Å². The summed E-state index contributed by atoms with van der Waals surface area (Å²) in [5.74, 6) is 1.18. The van der Waals surface area contributed by atoms with Gasteiger partial charge in [-0.15, -0.1) is 0 Å². The van der Waals surface area contributed by atoms with Crippen LogP contribution < -0.4 is 10.6 Å². The molecule has 0 spiro atoms. The van der Waals surface area contributed by atoms with Crippen LogP contribution in [0.5, 0.6) is 0 Å². The van der Waals surface area contributed by atoms with Crippen LogP contribution in [0.4, 0.5) is 5.82 Å². The molecule has 1 amide bonds. The monoisotopic (exact) mass is 311 g/mol. The third-order valence-electron chi connectivity index (χ3n) is 3.55. The van der Waals surface area contributed by atoms with E-state index in [9.17, 15) is 4.79 Å². The molecule has 1 atom stereocenters. The molecule has 5 heteroatoms. The number of hydrogen-bond donors (Lipinski definition) is 2. The third kappa shape index (κ3) is 2.83. The van der Waals surface area contributed by atoms with Gasteiger partial charge in [-0.3, -0.25) is 4.79 Å². The first-order valence-corrected chi connectivity index (χ1v) is 7.05. The third-order valence-corrected chi connectivity index (χ3v) is 3.99. The van der Waals surface area contributed by atoms with Gasteiger partial charge in [0.05, 0.1) is 5.56 Å². The van der Waals surface area contributed by atoms with E-state index in [1.807, 2.05) is 0 Å². The molecule has 4 nitrogen and oxygen atoms in total. The fourth-order valence-corrected chi connectivity index (χ4v) is 2.49. The number of aromatic nitrogens is 1. The Morgan fingerprint density at radius 1 is 1.56 bits per heavy atom. The van der Waals surface area contributed by atoms with Crippen molar-refractivity contribution in [2.75, 3.05) is 12.4 Å². The molecule has 2 rings (SSSR count). The molecule has 2 N–H and O–H groups in total. The van der Waals surface area contributed by atoms with Crippen molar-refractivity contribution < 1.29 is 4.79 Å². The van der Waals surface area contributed by atoms with Crippen LogP contribution in [0.3, 0.4) is 0 Å². The molecule has 0 aromatic carbocycles. The Morgan fingerprint density at radius 3 is 2.83 bits per heavy atom. The standard InChI is InChI=1S/C13H18BrN3O/c1-8(9-4-3-5-9)17-13(18)11-6-10(14)7-16-12(11)15-2/h6-9H,3-5H2,1-2H3,(H,15,16)(H,17,18). The Balaban J connectivity index is 2.09. The van der Waals surface area contributed by atoms with Crippen LogP contribution in [-0.2, 0) is 0 Å². The minimum Gasteiger partial charge on any atom is -0.372 e. The van der Waals surface area contributed by atoms with Crippen molar-refractivity contribution in [3.63, 3.8) is 0 Å². The molecule has 1 unspecified atom stereocenters. The Hall–Kier alpha value is -1.10. The highest BCUT2D eigenvalue weighted by Gasteiger charge is 2.26. The average Bonchev–Trinajstić information content (AvgIpc) is 2.26. The van der Waals surface area contributed by atoms with Crippen LogP contribution in [-0.4, -0.2) is 24.0 Å². The molecule has 98 valence electrons. The number of anilines is 1.